The van der Waals surface area contributed by atoms with Crippen molar-refractivity contribution in [2.45, 2.75) is 19.3 Å². The van der Waals surface area contributed by atoms with Crippen molar-refractivity contribution in [2.24, 2.45) is 0 Å². The Bertz CT molecular complexity index is 751. The van der Waals surface area contributed by atoms with Crippen LogP contribution in [0.5, 0.6) is 0 Å². The summed E-state index contributed by atoms with van der Waals surface area (Å²) in [6, 6.07) is 10.4. The van der Waals surface area contributed by atoms with Gasteiger partial charge in [-0.3, -0.25) is 4.79 Å². The zero-order valence-corrected chi connectivity index (χ0v) is 15.5. The van der Waals surface area contributed by atoms with E-state index in [9.17, 15) is 4.79 Å². The van der Waals surface area contributed by atoms with Crippen LogP contribution in [0.1, 0.15) is 19.3 Å². The Balaban J connectivity index is 1.40. The molecule has 27 heavy (non-hydrogen) atoms. The van der Waals surface area contributed by atoms with Gasteiger partial charge in [0.2, 0.25) is 12.4 Å². The summed E-state index contributed by atoms with van der Waals surface area (Å²) in [5, 5.41) is 3.37. The fourth-order valence-electron chi connectivity index (χ4n) is 3.65. The van der Waals surface area contributed by atoms with Crippen molar-refractivity contribution in [3.8, 4) is 0 Å². The van der Waals surface area contributed by atoms with Gasteiger partial charge in [0.05, 0.1) is 0 Å². The van der Waals surface area contributed by atoms with Crippen LogP contribution in [-0.4, -0.2) is 60.5 Å². The molecule has 7 heteroatoms. The molecule has 0 spiro atoms. The first-order chi connectivity index (χ1) is 13.3. The second-order valence-corrected chi connectivity index (χ2v) is 7.09. The van der Waals surface area contributed by atoms with Crippen LogP contribution in [0.25, 0.3) is 0 Å². The summed E-state index contributed by atoms with van der Waals surface area (Å²) in [6.07, 6.45) is 6.59. The predicted octanol–water partition coefficient (Wildman–Crippen LogP) is 2.49. The minimum absolute atomic E-state index is 0.704. The number of carbonyl (C=O) groups is 1. The Morgan fingerprint density at radius 2 is 1.59 bits per heavy atom. The summed E-state index contributed by atoms with van der Waals surface area (Å²) in [5.74, 6) is 1.49. The third-order valence-corrected chi connectivity index (χ3v) is 5.25. The van der Waals surface area contributed by atoms with Gasteiger partial charge in [0.25, 0.3) is 0 Å². The van der Waals surface area contributed by atoms with Crippen LogP contribution in [0.15, 0.2) is 36.5 Å². The van der Waals surface area contributed by atoms with E-state index in [1.165, 1.54) is 24.9 Å². The number of nitrogens with one attached hydrogen (secondary N) is 1. The fourth-order valence-corrected chi connectivity index (χ4v) is 3.65. The molecule has 142 valence electrons. The Labute approximate surface area is 160 Å². The molecule has 1 aromatic heterocycles. The van der Waals surface area contributed by atoms with Crippen molar-refractivity contribution < 1.29 is 4.79 Å². The molecule has 2 aliphatic rings. The maximum absolute atomic E-state index is 10.8. The number of nitrogens with zero attached hydrogens (tertiary/aromatic N) is 5. The van der Waals surface area contributed by atoms with E-state index in [0.29, 0.717) is 19.0 Å². The van der Waals surface area contributed by atoms with E-state index in [2.05, 4.69) is 49.4 Å². The van der Waals surface area contributed by atoms with Gasteiger partial charge in [0, 0.05) is 56.8 Å². The van der Waals surface area contributed by atoms with Gasteiger partial charge in [0.15, 0.2) is 0 Å². The van der Waals surface area contributed by atoms with Crippen molar-refractivity contribution in [3.63, 3.8) is 0 Å². The lowest BCUT2D eigenvalue weighted by molar-refractivity contribution is -0.118. The number of rotatable bonds is 5. The minimum Gasteiger partial charge on any atom is -0.372 e. The van der Waals surface area contributed by atoms with Crippen LogP contribution in [0.3, 0.4) is 0 Å². The lowest BCUT2D eigenvalue weighted by Crippen LogP contribution is -2.46. The van der Waals surface area contributed by atoms with Gasteiger partial charge < -0.3 is 20.0 Å². The molecule has 1 aromatic carbocycles. The molecule has 2 aromatic rings. The van der Waals surface area contributed by atoms with E-state index >= 15 is 0 Å². The maximum Gasteiger partial charge on any atom is 0.227 e. The standard InChI is InChI=1S/C20H26N6O/c27-16-24-12-14-26(15-13-24)20-21-9-8-19(23-20)22-17-4-6-18(7-5-17)25-10-2-1-3-11-25/h4-9,16H,1-3,10-15H2,(H,21,22,23). The van der Waals surface area contributed by atoms with Crippen molar-refractivity contribution in [1.82, 2.24) is 14.9 Å². The Morgan fingerprint density at radius 3 is 2.30 bits per heavy atom. The number of piperidine rings is 1. The molecule has 2 saturated heterocycles. The summed E-state index contributed by atoms with van der Waals surface area (Å²) >= 11 is 0. The van der Waals surface area contributed by atoms with Gasteiger partial charge >= 0.3 is 0 Å². The molecule has 0 aliphatic carbocycles. The first-order valence-electron chi connectivity index (χ1n) is 9.71. The highest BCUT2D eigenvalue weighted by molar-refractivity contribution is 5.61. The van der Waals surface area contributed by atoms with Crippen molar-refractivity contribution in [2.75, 3.05) is 54.4 Å². The average molecular weight is 366 g/mol. The van der Waals surface area contributed by atoms with E-state index < -0.39 is 0 Å². The number of carbonyl (C=O) groups excluding carboxylic acids is 1. The van der Waals surface area contributed by atoms with Crippen molar-refractivity contribution in [3.05, 3.63) is 36.5 Å². The van der Waals surface area contributed by atoms with E-state index in [1.54, 1.807) is 11.1 Å². The number of piperazine rings is 1. The highest BCUT2D eigenvalue weighted by Crippen LogP contribution is 2.23. The SMILES string of the molecule is O=CN1CCN(c2nccc(Nc3ccc(N4CCCCC4)cc3)n2)CC1. The number of amides is 1. The summed E-state index contributed by atoms with van der Waals surface area (Å²) in [6.45, 7) is 5.24. The zero-order chi connectivity index (χ0) is 18.5. The van der Waals surface area contributed by atoms with Crippen LogP contribution in [-0.2, 0) is 4.79 Å². The molecule has 0 radical (unpaired) electrons. The number of hydrogen-bond acceptors (Lipinski definition) is 6. The second kappa shape index (κ2) is 8.24. The van der Waals surface area contributed by atoms with E-state index in [-0.39, 0.29) is 0 Å². The smallest absolute Gasteiger partial charge is 0.227 e. The molecule has 2 aliphatic heterocycles. The number of aromatic nitrogens is 2. The summed E-state index contributed by atoms with van der Waals surface area (Å²) in [4.78, 5) is 26.2. The summed E-state index contributed by atoms with van der Waals surface area (Å²) in [5.41, 5.74) is 2.31. The first-order valence-corrected chi connectivity index (χ1v) is 9.71. The second-order valence-electron chi connectivity index (χ2n) is 7.09. The fraction of sp³-hybridized carbons (Fsp3) is 0.450. The minimum atomic E-state index is 0.704. The van der Waals surface area contributed by atoms with Crippen molar-refractivity contribution in [1.29, 1.82) is 0 Å². The van der Waals surface area contributed by atoms with Crippen LogP contribution in [0.2, 0.25) is 0 Å². The topological polar surface area (TPSA) is 64.6 Å². The largest absolute Gasteiger partial charge is 0.372 e. The molecule has 0 atom stereocenters. The van der Waals surface area contributed by atoms with Crippen LogP contribution in [0, 0.1) is 0 Å². The molecule has 2 fully saturated rings. The average Bonchev–Trinajstić information content (AvgIpc) is 2.75. The van der Waals surface area contributed by atoms with E-state index in [4.69, 9.17) is 0 Å². The maximum atomic E-state index is 10.8. The summed E-state index contributed by atoms with van der Waals surface area (Å²) < 4.78 is 0. The molecule has 1 N–H and O–H groups in total. The van der Waals surface area contributed by atoms with E-state index in [1.807, 2.05) is 6.07 Å². The quantitative estimate of drug-likeness (QED) is 0.821. The highest BCUT2D eigenvalue weighted by Gasteiger charge is 2.18. The first kappa shape index (κ1) is 17.6. The summed E-state index contributed by atoms with van der Waals surface area (Å²) in [7, 11) is 0. The van der Waals surface area contributed by atoms with Crippen LogP contribution >= 0.6 is 0 Å². The third-order valence-electron chi connectivity index (χ3n) is 5.25. The Morgan fingerprint density at radius 1 is 0.852 bits per heavy atom. The van der Waals surface area contributed by atoms with Crippen LogP contribution < -0.4 is 15.1 Å². The number of anilines is 4. The van der Waals surface area contributed by atoms with Gasteiger partial charge in [-0.15, -0.1) is 0 Å². The third kappa shape index (κ3) is 4.30. The Kier molecular flexibility index (Phi) is 5.37. The number of benzene rings is 1. The van der Waals surface area contributed by atoms with Gasteiger partial charge in [-0.1, -0.05) is 0 Å². The molecule has 0 unspecified atom stereocenters. The van der Waals surface area contributed by atoms with E-state index in [0.717, 1.165) is 44.1 Å². The van der Waals surface area contributed by atoms with Gasteiger partial charge in [-0.2, -0.15) is 4.98 Å². The molecular formula is C20H26N6O. The molecule has 0 bridgehead atoms. The molecular weight excluding hydrogens is 340 g/mol. The van der Waals surface area contributed by atoms with Gasteiger partial charge in [-0.05, 0) is 49.6 Å². The molecule has 3 heterocycles. The predicted molar refractivity (Wildman–Crippen MR) is 108 cm³/mol. The zero-order valence-electron chi connectivity index (χ0n) is 15.5. The number of hydrogen-bond donors (Lipinski definition) is 1. The molecule has 7 nitrogen and oxygen atoms in total. The van der Waals surface area contributed by atoms with Crippen molar-refractivity contribution >= 4 is 29.6 Å². The Hall–Kier alpha value is -2.83. The molecule has 0 saturated carbocycles. The normalized spacial score (nSPS) is 17.7. The molecule has 1 amide bonds. The molecule has 4 rings (SSSR count). The van der Waals surface area contributed by atoms with Gasteiger partial charge in [0.1, 0.15) is 5.82 Å². The van der Waals surface area contributed by atoms with Crippen LogP contribution in [0.4, 0.5) is 23.1 Å². The lowest BCUT2D eigenvalue weighted by atomic mass is 10.1. The highest BCUT2D eigenvalue weighted by atomic mass is 16.1. The monoisotopic (exact) mass is 366 g/mol. The lowest BCUT2D eigenvalue weighted by Gasteiger charge is -2.32. The van der Waals surface area contributed by atoms with Gasteiger partial charge in [-0.25, -0.2) is 4.98 Å².